The molecule has 0 aliphatic rings. The van der Waals surface area contributed by atoms with Gasteiger partial charge in [0.1, 0.15) is 11.6 Å². The normalized spacial score (nSPS) is 10.2. The summed E-state index contributed by atoms with van der Waals surface area (Å²) < 4.78 is 13.7. The Bertz CT molecular complexity index is 737. The number of amides is 2. The summed E-state index contributed by atoms with van der Waals surface area (Å²) in [6, 6.07) is 7.42. The number of halogens is 2. The third-order valence-corrected chi connectivity index (χ3v) is 3.69. The molecule has 23 heavy (non-hydrogen) atoms. The van der Waals surface area contributed by atoms with E-state index in [0.717, 1.165) is 11.6 Å². The van der Waals surface area contributed by atoms with Gasteiger partial charge < -0.3 is 10.6 Å². The Balaban J connectivity index is 1.83. The van der Waals surface area contributed by atoms with Crippen molar-refractivity contribution in [2.75, 3.05) is 11.9 Å². The number of carbonyl (C=O) groups excluding carboxylic acids is 2. The van der Waals surface area contributed by atoms with Crippen molar-refractivity contribution >= 4 is 33.6 Å². The van der Waals surface area contributed by atoms with E-state index in [4.69, 9.17) is 0 Å². The van der Waals surface area contributed by atoms with E-state index in [1.54, 1.807) is 12.3 Å². The maximum atomic E-state index is 13.2. The van der Waals surface area contributed by atoms with E-state index in [9.17, 15) is 14.0 Å². The Hall–Kier alpha value is -2.28. The van der Waals surface area contributed by atoms with Crippen LogP contribution in [0.25, 0.3) is 0 Å². The molecule has 0 aliphatic carbocycles. The summed E-state index contributed by atoms with van der Waals surface area (Å²) in [5.74, 6) is -0.740. The second kappa shape index (κ2) is 7.82. The molecule has 0 aliphatic heterocycles. The summed E-state index contributed by atoms with van der Waals surface area (Å²) in [5, 5.41) is 5.22. The molecule has 0 bridgehead atoms. The Morgan fingerprint density at radius 1 is 1.26 bits per heavy atom. The van der Waals surface area contributed by atoms with Crippen LogP contribution in [0.15, 0.2) is 41.0 Å². The largest absolute Gasteiger partial charge is 0.351 e. The van der Waals surface area contributed by atoms with Gasteiger partial charge in [-0.3, -0.25) is 9.59 Å². The number of pyridine rings is 1. The Labute approximate surface area is 141 Å². The van der Waals surface area contributed by atoms with Gasteiger partial charge in [-0.1, -0.05) is 0 Å². The first-order chi connectivity index (χ1) is 11.0. The smallest absolute Gasteiger partial charge is 0.252 e. The van der Waals surface area contributed by atoms with Gasteiger partial charge in [0, 0.05) is 23.6 Å². The summed E-state index contributed by atoms with van der Waals surface area (Å²) in [4.78, 5) is 27.8. The Kier molecular flexibility index (Phi) is 5.81. The lowest BCUT2D eigenvalue weighted by molar-refractivity contribution is -0.116. The molecule has 0 saturated carbocycles. The van der Waals surface area contributed by atoms with Gasteiger partial charge >= 0.3 is 0 Å². The molecular formula is C16H15BrFN3O2. The van der Waals surface area contributed by atoms with Crippen LogP contribution in [0, 0.1) is 12.7 Å². The minimum Gasteiger partial charge on any atom is -0.351 e. The van der Waals surface area contributed by atoms with Crippen LogP contribution in [-0.4, -0.2) is 23.3 Å². The van der Waals surface area contributed by atoms with E-state index in [0.29, 0.717) is 10.3 Å². The van der Waals surface area contributed by atoms with Crippen LogP contribution < -0.4 is 10.6 Å². The van der Waals surface area contributed by atoms with Gasteiger partial charge in [0.15, 0.2) is 0 Å². The molecule has 2 amide bonds. The molecule has 0 unspecified atom stereocenters. The standard InChI is InChI=1S/C16H15BrFN3O2/c1-10-4-6-19-14(8-10)21-15(22)5-7-20-16(23)12-9-11(18)2-3-13(12)17/h2-4,6,8-9H,5,7H2,1H3,(H,20,23)(H,19,21,22). The third-order valence-electron chi connectivity index (χ3n) is 2.99. The number of rotatable bonds is 5. The van der Waals surface area contributed by atoms with Crippen molar-refractivity contribution in [1.29, 1.82) is 0 Å². The van der Waals surface area contributed by atoms with Crippen molar-refractivity contribution in [3.63, 3.8) is 0 Å². The zero-order valence-electron chi connectivity index (χ0n) is 12.4. The minimum atomic E-state index is -0.499. The third kappa shape index (κ3) is 5.14. The fraction of sp³-hybridized carbons (Fsp3) is 0.188. The molecule has 2 rings (SSSR count). The SMILES string of the molecule is Cc1ccnc(NC(=O)CCNC(=O)c2cc(F)ccc2Br)c1. The monoisotopic (exact) mass is 379 g/mol. The molecule has 0 spiro atoms. The maximum Gasteiger partial charge on any atom is 0.252 e. The van der Waals surface area contributed by atoms with Crippen molar-refractivity contribution in [3.8, 4) is 0 Å². The quantitative estimate of drug-likeness (QED) is 0.838. The first-order valence-corrected chi connectivity index (χ1v) is 7.71. The molecular weight excluding hydrogens is 365 g/mol. The lowest BCUT2D eigenvalue weighted by Gasteiger charge is -2.08. The van der Waals surface area contributed by atoms with Gasteiger partial charge in [-0.25, -0.2) is 9.37 Å². The van der Waals surface area contributed by atoms with E-state index >= 15 is 0 Å². The van der Waals surface area contributed by atoms with Crippen molar-refractivity contribution in [2.24, 2.45) is 0 Å². The molecule has 7 heteroatoms. The van der Waals surface area contributed by atoms with Crippen LogP contribution in [-0.2, 0) is 4.79 Å². The molecule has 0 atom stereocenters. The summed E-state index contributed by atoms with van der Waals surface area (Å²) in [5.41, 5.74) is 1.17. The van der Waals surface area contributed by atoms with E-state index in [-0.39, 0.29) is 24.4 Å². The van der Waals surface area contributed by atoms with E-state index < -0.39 is 11.7 Å². The number of benzene rings is 1. The van der Waals surface area contributed by atoms with Crippen LogP contribution in [0.4, 0.5) is 10.2 Å². The summed E-state index contributed by atoms with van der Waals surface area (Å²) >= 11 is 3.19. The molecule has 1 aromatic carbocycles. The van der Waals surface area contributed by atoms with Crippen LogP contribution in [0.5, 0.6) is 0 Å². The van der Waals surface area contributed by atoms with Crippen molar-refractivity contribution in [1.82, 2.24) is 10.3 Å². The summed E-state index contributed by atoms with van der Waals surface area (Å²) in [6.07, 6.45) is 1.70. The van der Waals surface area contributed by atoms with Crippen molar-refractivity contribution in [3.05, 3.63) is 57.9 Å². The number of anilines is 1. The average Bonchev–Trinajstić information content (AvgIpc) is 2.49. The fourth-order valence-corrected chi connectivity index (χ4v) is 2.29. The topological polar surface area (TPSA) is 71.1 Å². The van der Waals surface area contributed by atoms with Gasteiger partial charge in [0.05, 0.1) is 5.56 Å². The highest BCUT2D eigenvalue weighted by Crippen LogP contribution is 2.17. The maximum absolute atomic E-state index is 13.2. The molecule has 1 heterocycles. The summed E-state index contributed by atoms with van der Waals surface area (Å²) in [6.45, 7) is 2.04. The fourth-order valence-electron chi connectivity index (χ4n) is 1.87. The van der Waals surface area contributed by atoms with Crippen LogP contribution in [0.2, 0.25) is 0 Å². The lowest BCUT2D eigenvalue weighted by atomic mass is 10.2. The molecule has 120 valence electrons. The molecule has 5 nitrogen and oxygen atoms in total. The predicted octanol–water partition coefficient (Wildman–Crippen LogP) is 3.05. The molecule has 1 aromatic heterocycles. The van der Waals surface area contributed by atoms with Crippen molar-refractivity contribution in [2.45, 2.75) is 13.3 Å². The zero-order chi connectivity index (χ0) is 16.8. The van der Waals surface area contributed by atoms with Gasteiger partial charge in [-0.15, -0.1) is 0 Å². The number of hydrogen-bond acceptors (Lipinski definition) is 3. The first-order valence-electron chi connectivity index (χ1n) is 6.91. The first kappa shape index (κ1) is 17.1. The van der Waals surface area contributed by atoms with Gasteiger partial charge in [-0.2, -0.15) is 0 Å². The second-order valence-electron chi connectivity index (χ2n) is 4.90. The Morgan fingerprint density at radius 3 is 2.78 bits per heavy atom. The van der Waals surface area contributed by atoms with Crippen LogP contribution in [0.1, 0.15) is 22.3 Å². The highest BCUT2D eigenvalue weighted by Gasteiger charge is 2.11. The molecule has 2 N–H and O–H groups in total. The second-order valence-corrected chi connectivity index (χ2v) is 5.75. The van der Waals surface area contributed by atoms with Crippen LogP contribution in [0.3, 0.4) is 0 Å². The van der Waals surface area contributed by atoms with E-state index in [1.807, 2.05) is 13.0 Å². The zero-order valence-corrected chi connectivity index (χ0v) is 14.0. The number of aromatic nitrogens is 1. The number of aryl methyl sites for hydroxylation is 1. The van der Waals surface area contributed by atoms with Crippen LogP contribution >= 0.6 is 15.9 Å². The van der Waals surface area contributed by atoms with Gasteiger partial charge in [-0.05, 0) is 58.7 Å². The number of carbonyl (C=O) groups is 2. The molecule has 0 radical (unpaired) electrons. The molecule has 0 saturated heterocycles. The van der Waals surface area contributed by atoms with Crippen molar-refractivity contribution < 1.29 is 14.0 Å². The average molecular weight is 380 g/mol. The lowest BCUT2D eigenvalue weighted by Crippen LogP contribution is -2.28. The van der Waals surface area contributed by atoms with E-state index in [1.165, 1.54) is 12.1 Å². The molecule has 2 aromatic rings. The highest BCUT2D eigenvalue weighted by atomic mass is 79.9. The number of nitrogens with one attached hydrogen (secondary N) is 2. The van der Waals surface area contributed by atoms with Gasteiger partial charge in [0.2, 0.25) is 5.91 Å². The van der Waals surface area contributed by atoms with E-state index in [2.05, 4.69) is 31.5 Å². The minimum absolute atomic E-state index is 0.0916. The number of nitrogens with zero attached hydrogens (tertiary/aromatic N) is 1. The molecule has 0 fully saturated rings. The predicted molar refractivity (Wildman–Crippen MR) is 88.7 cm³/mol. The summed E-state index contributed by atoms with van der Waals surface area (Å²) in [7, 11) is 0. The highest BCUT2D eigenvalue weighted by molar-refractivity contribution is 9.10. The number of hydrogen-bond donors (Lipinski definition) is 2. The Morgan fingerprint density at radius 2 is 2.04 bits per heavy atom. The van der Waals surface area contributed by atoms with Gasteiger partial charge in [0.25, 0.3) is 5.91 Å².